The van der Waals surface area contributed by atoms with Gasteiger partial charge in [-0.3, -0.25) is 4.79 Å². The molecule has 0 saturated carbocycles. The topological polar surface area (TPSA) is 32.3 Å². The molecule has 1 aromatic carbocycles. The van der Waals surface area contributed by atoms with Crippen LogP contribution in [0.2, 0.25) is 0 Å². The van der Waals surface area contributed by atoms with Crippen LogP contribution in [-0.4, -0.2) is 25.0 Å². The molecular weight excluding hydrogens is 236 g/mol. The van der Waals surface area contributed by atoms with Crippen LogP contribution in [0.15, 0.2) is 30.3 Å². The second-order valence-electron chi connectivity index (χ2n) is 5.56. The van der Waals surface area contributed by atoms with Crippen molar-refractivity contribution in [3.05, 3.63) is 30.3 Å². The Kier molecular flexibility index (Phi) is 4.59. The van der Waals surface area contributed by atoms with Crippen molar-refractivity contribution in [2.45, 2.75) is 33.2 Å². The molecule has 3 heteroatoms. The van der Waals surface area contributed by atoms with Gasteiger partial charge in [-0.1, -0.05) is 39.0 Å². The zero-order valence-electron chi connectivity index (χ0n) is 12.1. The van der Waals surface area contributed by atoms with Crippen molar-refractivity contribution in [3.63, 3.8) is 0 Å². The van der Waals surface area contributed by atoms with Crippen molar-refractivity contribution in [2.24, 2.45) is 11.8 Å². The number of carbonyl (C=O) groups is 1. The van der Waals surface area contributed by atoms with Gasteiger partial charge in [0.2, 0.25) is 5.91 Å². The smallest absolute Gasteiger partial charge is 0.226 e. The van der Waals surface area contributed by atoms with Crippen molar-refractivity contribution in [1.82, 2.24) is 5.32 Å². The van der Waals surface area contributed by atoms with Gasteiger partial charge in [0, 0.05) is 18.2 Å². The van der Waals surface area contributed by atoms with Crippen molar-refractivity contribution < 1.29 is 4.79 Å². The molecule has 0 radical (unpaired) electrons. The van der Waals surface area contributed by atoms with E-state index in [9.17, 15) is 4.79 Å². The van der Waals surface area contributed by atoms with Crippen LogP contribution in [0.1, 0.15) is 27.2 Å². The summed E-state index contributed by atoms with van der Waals surface area (Å²) in [6, 6.07) is 10.4. The predicted molar refractivity (Wildman–Crippen MR) is 79.2 cm³/mol. The Morgan fingerprint density at radius 2 is 1.79 bits per heavy atom. The highest BCUT2D eigenvalue weighted by Gasteiger charge is 2.35. The molecule has 19 heavy (non-hydrogen) atoms. The molecule has 1 aromatic rings. The third-order valence-electron chi connectivity index (χ3n) is 4.00. The molecule has 2 rings (SSSR count). The lowest BCUT2D eigenvalue weighted by Gasteiger charge is -2.43. The van der Waals surface area contributed by atoms with Gasteiger partial charge in [-0.15, -0.1) is 0 Å². The van der Waals surface area contributed by atoms with Crippen molar-refractivity contribution >= 4 is 11.6 Å². The minimum Gasteiger partial charge on any atom is -0.316 e. The molecule has 104 valence electrons. The minimum absolute atomic E-state index is 0.219. The van der Waals surface area contributed by atoms with E-state index in [1.54, 1.807) is 0 Å². The van der Waals surface area contributed by atoms with Gasteiger partial charge in [0.25, 0.3) is 0 Å². The lowest BCUT2D eigenvalue weighted by molar-refractivity contribution is -0.119. The van der Waals surface area contributed by atoms with E-state index in [4.69, 9.17) is 0 Å². The Bertz CT molecular complexity index is 408. The van der Waals surface area contributed by atoms with Gasteiger partial charge in [-0.25, -0.2) is 0 Å². The maximum atomic E-state index is 12.4. The number of para-hydroxylation sites is 1. The van der Waals surface area contributed by atoms with Crippen LogP contribution in [0.25, 0.3) is 0 Å². The average Bonchev–Trinajstić information content (AvgIpc) is 2.43. The average molecular weight is 260 g/mol. The number of nitrogens with zero attached hydrogens (tertiary/aromatic N) is 1. The van der Waals surface area contributed by atoms with Crippen molar-refractivity contribution in [2.75, 3.05) is 18.0 Å². The van der Waals surface area contributed by atoms with Crippen molar-refractivity contribution in [1.29, 1.82) is 0 Å². The summed E-state index contributed by atoms with van der Waals surface area (Å²) in [4.78, 5) is 14.4. The molecule has 0 aromatic heterocycles. The van der Waals surface area contributed by atoms with E-state index in [1.807, 2.05) is 42.2 Å². The first-order valence-electron chi connectivity index (χ1n) is 7.23. The number of anilines is 1. The van der Waals surface area contributed by atoms with Crippen LogP contribution >= 0.6 is 0 Å². The minimum atomic E-state index is 0.219. The molecule has 0 spiro atoms. The summed E-state index contributed by atoms with van der Waals surface area (Å²) in [5, 5.41) is 3.44. The number of hydrogen-bond donors (Lipinski definition) is 1. The number of amides is 1. The summed E-state index contributed by atoms with van der Waals surface area (Å²) in [5.41, 5.74) is 1.03. The molecule has 2 unspecified atom stereocenters. The van der Waals surface area contributed by atoms with Crippen LogP contribution in [0.3, 0.4) is 0 Å². The van der Waals surface area contributed by atoms with Gasteiger partial charge >= 0.3 is 0 Å². The van der Waals surface area contributed by atoms with E-state index in [0.717, 1.165) is 18.8 Å². The van der Waals surface area contributed by atoms with Crippen LogP contribution in [0.5, 0.6) is 0 Å². The molecule has 1 fully saturated rings. The van der Waals surface area contributed by atoms with Gasteiger partial charge in [0.1, 0.15) is 0 Å². The second-order valence-corrected chi connectivity index (χ2v) is 5.56. The number of carbonyl (C=O) groups excluding carboxylic acids is 1. The fourth-order valence-corrected chi connectivity index (χ4v) is 3.09. The van der Waals surface area contributed by atoms with Gasteiger partial charge in [0.05, 0.1) is 0 Å². The summed E-state index contributed by atoms with van der Waals surface area (Å²) in [7, 11) is 0. The third kappa shape index (κ3) is 2.98. The van der Waals surface area contributed by atoms with Gasteiger partial charge in [-0.05, 0) is 37.1 Å². The summed E-state index contributed by atoms with van der Waals surface area (Å²) in [5.74, 6) is 1.16. The third-order valence-corrected chi connectivity index (χ3v) is 4.00. The molecule has 0 aliphatic carbocycles. The molecule has 1 aliphatic heterocycles. The van der Waals surface area contributed by atoms with E-state index < -0.39 is 0 Å². The van der Waals surface area contributed by atoms with E-state index in [2.05, 4.69) is 19.2 Å². The summed E-state index contributed by atoms with van der Waals surface area (Å²) >= 11 is 0. The van der Waals surface area contributed by atoms with Gasteiger partial charge < -0.3 is 10.2 Å². The normalized spacial score (nSPS) is 27.0. The molecule has 2 atom stereocenters. The first-order valence-corrected chi connectivity index (χ1v) is 7.23. The largest absolute Gasteiger partial charge is 0.316 e. The standard InChI is InChI=1S/C16H24N2O/c1-4-15(19)18(14-8-6-5-7-9-14)16-12(2)10-17-11-13(16)3/h5-9,12-13,16-17H,4,10-11H2,1-3H3. The molecule has 1 N–H and O–H groups in total. The zero-order valence-corrected chi connectivity index (χ0v) is 12.1. The van der Waals surface area contributed by atoms with Crippen LogP contribution in [0.4, 0.5) is 5.69 Å². The predicted octanol–water partition coefficient (Wildman–Crippen LogP) is 2.67. The lowest BCUT2D eigenvalue weighted by Crippen LogP contribution is -2.55. The molecule has 1 saturated heterocycles. The van der Waals surface area contributed by atoms with E-state index >= 15 is 0 Å². The Morgan fingerprint density at radius 3 is 2.32 bits per heavy atom. The molecule has 1 amide bonds. The van der Waals surface area contributed by atoms with Crippen LogP contribution < -0.4 is 10.2 Å². The molecule has 1 aliphatic rings. The van der Waals surface area contributed by atoms with Crippen LogP contribution in [-0.2, 0) is 4.79 Å². The summed E-state index contributed by atoms with van der Waals surface area (Å²) < 4.78 is 0. The summed E-state index contributed by atoms with van der Waals surface area (Å²) in [6.45, 7) is 8.36. The first kappa shape index (κ1) is 14.1. The van der Waals surface area contributed by atoms with E-state index in [-0.39, 0.29) is 11.9 Å². The van der Waals surface area contributed by atoms with Crippen LogP contribution in [0, 0.1) is 11.8 Å². The second kappa shape index (κ2) is 6.20. The highest BCUT2D eigenvalue weighted by Crippen LogP contribution is 2.28. The number of benzene rings is 1. The van der Waals surface area contributed by atoms with E-state index in [0.29, 0.717) is 18.3 Å². The summed E-state index contributed by atoms with van der Waals surface area (Å²) in [6.07, 6.45) is 0.554. The Labute approximate surface area is 116 Å². The Hall–Kier alpha value is -1.35. The Balaban J connectivity index is 2.34. The lowest BCUT2D eigenvalue weighted by atomic mass is 9.85. The quantitative estimate of drug-likeness (QED) is 0.906. The molecule has 1 heterocycles. The molecular formula is C16H24N2O. The number of hydrogen-bond acceptors (Lipinski definition) is 2. The SMILES string of the molecule is CCC(=O)N(c1ccccc1)C1C(C)CNCC1C. The Morgan fingerprint density at radius 1 is 1.21 bits per heavy atom. The van der Waals surface area contributed by atoms with Gasteiger partial charge in [-0.2, -0.15) is 0 Å². The maximum absolute atomic E-state index is 12.4. The molecule has 0 bridgehead atoms. The number of rotatable bonds is 3. The highest BCUT2D eigenvalue weighted by molar-refractivity contribution is 5.93. The van der Waals surface area contributed by atoms with Crippen molar-refractivity contribution in [3.8, 4) is 0 Å². The van der Waals surface area contributed by atoms with E-state index in [1.165, 1.54) is 0 Å². The fourth-order valence-electron chi connectivity index (χ4n) is 3.09. The first-order chi connectivity index (χ1) is 9.15. The van der Waals surface area contributed by atoms with Gasteiger partial charge in [0.15, 0.2) is 0 Å². The fraction of sp³-hybridized carbons (Fsp3) is 0.562. The molecule has 3 nitrogen and oxygen atoms in total. The maximum Gasteiger partial charge on any atom is 0.226 e. The number of piperidine rings is 1. The highest BCUT2D eigenvalue weighted by atomic mass is 16.2. The number of nitrogens with one attached hydrogen (secondary N) is 1. The zero-order chi connectivity index (χ0) is 13.8. The monoisotopic (exact) mass is 260 g/mol.